The smallest absolute Gasteiger partial charge is 0.150 e. The highest BCUT2D eigenvalue weighted by Gasteiger charge is 2.17. The van der Waals surface area contributed by atoms with Crippen molar-refractivity contribution in [2.45, 2.75) is 0 Å². The number of hydrogen-bond donors (Lipinski definition) is 1. The second kappa shape index (κ2) is 5.08. The molecule has 0 atom stereocenters. The quantitative estimate of drug-likeness (QED) is 0.887. The average molecular weight is 262 g/mol. The van der Waals surface area contributed by atoms with Gasteiger partial charge in [-0.1, -0.05) is 23.2 Å². The lowest BCUT2D eigenvalue weighted by molar-refractivity contribution is 0.122. The molecule has 6 heteroatoms. The predicted octanol–water partition coefficient (Wildman–Crippen LogP) is 2.27. The van der Waals surface area contributed by atoms with Crippen molar-refractivity contribution in [3.05, 3.63) is 16.1 Å². The molecule has 16 heavy (non-hydrogen) atoms. The maximum Gasteiger partial charge on any atom is 0.150 e. The van der Waals surface area contributed by atoms with Gasteiger partial charge in [-0.25, -0.2) is 4.98 Å². The SMILES string of the molecule is CNc1nc(N2CCOCC2)c(Cl)cc1Cl. The van der Waals surface area contributed by atoms with E-state index in [4.69, 9.17) is 27.9 Å². The molecule has 1 saturated heterocycles. The molecule has 0 bridgehead atoms. The topological polar surface area (TPSA) is 37.4 Å². The van der Waals surface area contributed by atoms with Crippen LogP contribution in [0, 0.1) is 0 Å². The second-order valence-electron chi connectivity index (χ2n) is 3.47. The molecule has 0 aliphatic carbocycles. The van der Waals surface area contributed by atoms with Crippen LogP contribution in [0.2, 0.25) is 10.0 Å². The van der Waals surface area contributed by atoms with Crippen molar-refractivity contribution in [3.8, 4) is 0 Å². The molecule has 1 fully saturated rings. The van der Waals surface area contributed by atoms with Crippen molar-refractivity contribution in [2.75, 3.05) is 43.6 Å². The summed E-state index contributed by atoms with van der Waals surface area (Å²) in [6.45, 7) is 3.01. The van der Waals surface area contributed by atoms with Gasteiger partial charge < -0.3 is 15.0 Å². The van der Waals surface area contributed by atoms with E-state index < -0.39 is 0 Å². The summed E-state index contributed by atoms with van der Waals surface area (Å²) < 4.78 is 5.29. The fourth-order valence-corrected chi connectivity index (χ4v) is 2.20. The van der Waals surface area contributed by atoms with Gasteiger partial charge in [-0.2, -0.15) is 0 Å². The second-order valence-corrected chi connectivity index (χ2v) is 4.29. The molecule has 1 aliphatic rings. The summed E-state index contributed by atoms with van der Waals surface area (Å²) in [7, 11) is 1.78. The van der Waals surface area contributed by atoms with Gasteiger partial charge in [0.15, 0.2) is 0 Å². The monoisotopic (exact) mass is 261 g/mol. The zero-order valence-corrected chi connectivity index (χ0v) is 10.5. The Bertz CT molecular complexity index is 381. The highest BCUT2D eigenvalue weighted by Crippen LogP contribution is 2.31. The Morgan fingerprint density at radius 1 is 1.31 bits per heavy atom. The highest BCUT2D eigenvalue weighted by atomic mass is 35.5. The minimum Gasteiger partial charge on any atom is -0.378 e. The predicted molar refractivity (Wildman–Crippen MR) is 66.8 cm³/mol. The first kappa shape index (κ1) is 11.8. The van der Waals surface area contributed by atoms with E-state index in [1.165, 1.54) is 0 Å². The van der Waals surface area contributed by atoms with E-state index in [0.29, 0.717) is 29.1 Å². The zero-order chi connectivity index (χ0) is 11.5. The fourth-order valence-electron chi connectivity index (χ4n) is 1.63. The van der Waals surface area contributed by atoms with Gasteiger partial charge in [-0.15, -0.1) is 0 Å². The van der Waals surface area contributed by atoms with Crippen molar-refractivity contribution in [3.63, 3.8) is 0 Å². The van der Waals surface area contributed by atoms with Gasteiger partial charge in [0.25, 0.3) is 0 Å². The third kappa shape index (κ3) is 2.34. The molecule has 2 heterocycles. The first-order valence-corrected chi connectivity index (χ1v) is 5.84. The molecule has 2 rings (SSSR count). The number of aromatic nitrogens is 1. The molecule has 1 aromatic rings. The van der Waals surface area contributed by atoms with Crippen molar-refractivity contribution >= 4 is 34.8 Å². The largest absolute Gasteiger partial charge is 0.378 e. The number of halogens is 2. The fraction of sp³-hybridized carbons (Fsp3) is 0.500. The van der Waals surface area contributed by atoms with E-state index in [1.54, 1.807) is 13.1 Å². The summed E-state index contributed by atoms with van der Waals surface area (Å²) in [5.41, 5.74) is 0. The van der Waals surface area contributed by atoms with E-state index in [9.17, 15) is 0 Å². The Kier molecular flexibility index (Phi) is 3.74. The minimum absolute atomic E-state index is 0.532. The van der Waals surface area contributed by atoms with Gasteiger partial charge in [0, 0.05) is 20.1 Å². The lowest BCUT2D eigenvalue weighted by Gasteiger charge is -2.28. The molecule has 0 aromatic carbocycles. The summed E-state index contributed by atoms with van der Waals surface area (Å²) in [4.78, 5) is 6.51. The zero-order valence-electron chi connectivity index (χ0n) is 8.96. The lowest BCUT2D eigenvalue weighted by atomic mass is 10.3. The standard InChI is InChI=1S/C10H13Cl2N3O/c1-13-9-7(11)6-8(12)10(14-9)15-2-4-16-5-3-15/h6H,2-5H2,1H3,(H,13,14). The van der Waals surface area contributed by atoms with E-state index in [0.717, 1.165) is 18.9 Å². The Morgan fingerprint density at radius 3 is 2.62 bits per heavy atom. The van der Waals surface area contributed by atoms with Crippen molar-refractivity contribution in [1.82, 2.24) is 4.98 Å². The number of nitrogens with zero attached hydrogens (tertiary/aromatic N) is 2. The lowest BCUT2D eigenvalue weighted by Crippen LogP contribution is -2.37. The van der Waals surface area contributed by atoms with E-state index in [1.807, 2.05) is 0 Å². The van der Waals surface area contributed by atoms with Crippen LogP contribution in [0.3, 0.4) is 0 Å². The number of nitrogens with one attached hydrogen (secondary N) is 1. The van der Waals surface area contributed by atoms with Gasteiger partial charge in [0.1, 0.15) is 11.6 Å². The molecule has 0 unspecified atom stereocenters. The number of morpholine rings is 1. The summed E-state index contributed by atoms with van der Waals surface area (Å²) in [5, 5.41) is 4.05. The Morgan fingerprint density at radius 2 is 2.00 bits per heavy atom. The maximum atomic E-state index is 6.13. The Balaban J connectivity index is 2.31. The summed E-state index contributed by atoms with van der Waals surface area (Å²) >= 11 is 12.1. The van der Waals surface area contributed by atoms with Gasteiger partial charge in [-0.3, -0.25) is 0 Å². The van der Waals surface area contributed by atoms with Crippen molar-refractivity contribution in [2.24, 2.45) is 0 Å². The molecule has 0 saturated carbocycles. The first-order valence-electron chi connectivity index (χ1n) is 5.09. The summed E-state index contributed by atoms with van der Waals surface area (Å²) in [6, 6.07) is 1.72. The number of pyridine rings is 1. The van der Waals surface area contributed by atoms with Gasteiger partial charge >= 0.3 is 0 Å². The van der Waals surface area contributed by atoms with Gasteiger partial charge in [0.2, 0.25) is 0 Å². The molecule has 0 amide bonds. The number of hydrogen-bond acceptors (Lipinski definition) is 4. The molecule has 0 radical (unpaired) electrons. The van der Waals surface area contributed by atoms with Crippen LogP contribution in [0.5, 0.6) is 0 Å². The Hall–Kier alpha value is -0.710. The Labute approximate surface area is 104 Å². The molecule has 1 aliphatic heterocycles. The first-order chi connectivity index (χ1) is 7.72. The molecule has 88 valence electrons. The van der Waals surface area contributed by atoms with Crippen molar-refractivity contribution in [1.29, 1.82) is 0 Å². The van der Waals surface area contributed by atoms with Crippen LogP contribution in [0.1, 0.15) is 0 Å². The molecular formula is C10H13Cl2N3O. The van der Waals surface area contributed by atoms with Crippen LogP contribution < -0.4 is 10.2 Å². The minimum atomic E-state index is 0.532. The van der Waals surface area contributed by atoms with E-state index in [2.05, 4.69) is 15.2 Å². The molecular weight excluding hydrogens is 249 g/mol. The third-order valence-electron chi connectivity index (χ3n) is 2.46. The molecule has 4 nitrogen and oxygen atoms in total. The van der Waals surface area contributed by atoms with Crippen LogP contribution in [0.25, 0.3) is 0 Å². The van der Waals surface area contributed by atoms with Crippen LogP contribution in [0.4, 0.5) is 11.6 Å². The number of ether oxygens (including phenoxy) is 1. The molecule has 1 N–H and O–H groups in total. The van der Waals surface area contributed by atoms with Crippen LogP contribution in [0.15, 0.2) is 6.07 Å². The third-order valence-corrected chi connectivity index (χ3v) is 3.02. The highest BCUT2D eigenvalue weighted by molar-refractivity contribution is 6.37. The molecule has 0 spiro atoms. The molecule has 1 aromatic heterocycles. The van der Waals surface area contributed by atoms with Crippen LogP contribution in [-0.4, -0.2) is 38.3 Å². The van der Waals surface area contributed by atoms with Crippen molar-refractivity contribution < 1.29 is 4.74 Å². The number of anilines is 2. The maximum absolute atomic E-state index is 6.13. The van der Waals surface area contributed by atoms with Crippen LogP contribution in [-0.2, 0) is 4.74 Å². The average Bonchev–Trinajstić information content (AvgIpc) is 2.30. The van der Waals surface area contributed by atoms with Crippen LogP contribution >= 0.6 is 23.2 Å². The van der Waals surface area contributed by atoms with Gasteiger partial charge in [0.05, 0.1) is 23.3 Å². The summed E-state index contributed by atoms with van der Waals surface area (Å²) in [5.74, 6) is 1.41. The van der Waals surface area contributed by atoms with E-state index >= 15 is 0 Å². The normalized spacial score (nSPS) is 16.3. The van der Waals surface area contributed by atoms with Gasteiger partial charge in [-0.05, 0) is 6.07 Å². The van der Waals surface area contributed by atoms with E-state index in [-0.39, 0.29) is 0 Å². The number of rotatable bonds is 2. The summed E-state index contributed by atoms with van der Waals surface area (Å²) in [6.07, 6.45) is 0.